The monoisotopic (exact) mass is 421 g/mol. The van der Waals surface area contributed by atoms with Crippen LogP contribution in [0, 0.1) is 0 Å². The van der Waals surface area contributed by atoms with Gasteiger partial charge in [0.05, 0.1) is 17.8 Å². The van der Waals surface area contributed by atoms with Crippen LogP contribution in [0.15, 0.2) is 59.6 Å². The minimum Gasteiger partial charge on any atom is -0.281 e. The molecule has 0 N–H and O–H groups in total. The Labute approximate surface area is 180 Å². The first-order valence-corrected chi connectivity index (χ1v) is 10.9. The number of amides is 3. The van der Waals surface area contributed by atoms with E-state index in [1.54, 1.807) is 40.9 Å². The smallest absolute Gasteiger partial charge is 0.260 e. The summed E-state index contributed by atoms with van der Waals surface area (Å²) in [5.41, 5.74) is 1.73. The molecule has 154 valence electrons. The lowest BCUT2D eigenvalue weighted by atomic mass is 10.0. The quantitative estimate of drug-likeness (QED) is 0.703. The number of thioether (sulfide) groups is 1. The van der Waals surface area contributed by atoms with Crippen LogP contribution in [-0.4, -0.2) is 39.1 Å². The number of hydrogen-bond acceptors (Lipinski definition) is 5. The van der Waals surface area contributed by atoms with Crippen LogP contribution in [0.4, 0.5) is 5.69 Å². The predicted octanol–water partition coefficient (Wildman–Crippen LogP) is 3.86. The molecule has 3 amide bonds. The van der Waals surface area contributed by atoms with Gasteiger partial charge in [-0.25, -0.2) is 0 Å². The maximum absolute atomic E-state index is 13.3. The van der Waals surface area contributed by atoms with Crippen molar-refractivity contribution in [2.24, 2.45) is 4.99 Å². The van der Waals surface area contributed by atoms with Crippen molar-refractivity contribution in [1.82, 2.24) is 4.90 Å². The molecule has 0 unspecified atom stereocenters. The molecule has 2 saturated heterocycles. The Morgan fingerprint density at radius 2 is 1.63 bits per heavy atom. The van der Waals surface area contributed by atoms with Crippen LogP contribution in [0.2, 0.25) is 0 Å². The van der Waals surface area contributed by atoms with Crippen molar-refractivity contribution in [3.8, 4) is 0 Å². The summed E-state index contributed by atoms with van der Waals surface area (Å²) in [4.78, 5) is 44.9. The molecule has 4 rings (SSSR count). The molecule has 2 heterocycles. The number of imide groups is 1. The first-order valence-electron chi connectivity index (χ1n) is 9.88. The van der Waals surface area contributed by atoms with Crippen molar-refractivity contribution in [3.05, 3.63) is 65.7 Å². The third-order valence-electron chi connectivity index (χ3n) is 5.22. The molecule has 0 atom stereocenters. The normalized spacial score (nSPS) is 19.7. The highest BCUT2D eigenvalue weighted by Crippen LogP contribution is 2.35. The van der Waals surface area contributed by atoms with Crippen molar-refractivity contribution in [1.29, 1.82) is 0 Å². The van der Waals surface area contributed by atoms with Gasteiger partial charge < -0.3 is 0 Å². The predicted molar refractivity (Wildman–Crippen MR) is 118 cm³/mol. The second kappa shape index (κ2) is 8.07. The van der Waals surface area contributed by atoms with E-state index in [-0.39, 0.29) is 36.1 Å². The van der Waals surface area contributed by atoms with Crippen molar-refractivity contribution in [2.75, 3.05) is 10.7 Å². The van der Waals surface area contributed by atoms with Gasteiger partial charge in [-0.15, -0.1) is 0 Å². The van der Waals surface area contributed by atoms with E-state index in [9.17, 15) is 14.4 Å². The molecular formula is C23H23N3O3S. The average molecular weight is 422 g/mol. The molecule has 2 aliphatic rings. The van der Waals surface area contributed by atoms with Crippen LogP contribution in [-0.2, 0) is 16.1 Å². The van der Waals surface area contributed by atoms with E-state index < -0.39 is 0 Å². The highest BCUT2D eigenvalue weighted by molar-refractivity contribution is 8.14. The summed E-state index contributed by atoms with van der Waals surface area (Å²) in [5, 5.41) is 0.711. The molecule has 0 radical (unpaired) electrons. The summed E-state index contributed by atoms with van der Waals surface area (Å²) >= 11 is 1.58. The van der Waals surface area contributed by atoms with Crippen LogP contribution in [0.25, 0.3) is 0 Å². The third kappa shape index (κ3) is 3.89. The molecule has 30 heavy (non-hydrogen) atoms. The van der Waals surface area contributed by atoms with E-state index in [4.69, 9.17) is 4.99 Å². The highest BCUT2D eigenvalue weighted by Gasteiger charge is 2.41. The van der Waals surface area contributed by atoms with Gasteiger partial charge in [0.1, 0.15) is 0 Å². The molecule has 2 aromatic rings. The van der Waals surface area contributed by atoms with Crippen LogP contribution in [0.3, 0.4) is 0 Å². The number of carbonyl (C=O) groups excluding carboxylic acids is 3. The van der Waals surface area contributed by atoms with E-state index in [0.717, 1.165) is 11.3 Å². The molecule has 7 heteroatoms. The molecule has 0 aromatic heterocycles. The Morgan fingerprint density at radius 3 is 2.27 bits per heavy atom. The van der Waals surface area contributed by atoms with E-state index in [1.807, 2.05) is 44.2 Å². The Bertz CT molecular complexity index is 1000. The second-order valence-corrected chi connectivity index (χ2v) is 8.94. The third-order valence-corrected chi connectivity index (χ3v) is 6.64. The largest absolute Gasteiger partial charge is 0.281 e. The van der Waals surface area contributed by atoms with Crippen molar-refractivity contribution in [3.63, 3.8) is 0 Å². The van der Waals surface area contributed by atoms with Gasteiger partial charge in [-0.05, 0) is 43.7 Å². The molecule has 2 aliphatic heterocycles. The number of benzene rings is 2. The number of hydrogen-bond donors (Lipinski definition) is 0. The summed E-state index contributed by atoms with van der Waals surface area (Å²) in [6, 6.07) is 16.6. The minimum atomic E-state index is -0.364. The summed E-state index contributed by atoms with van der Waals surface area (Å²) < 4.78 is 0. The van der Waals surface area contributed by atoms with Crippen LogP contribution in [0.1, 0.15) is 42.6 Å². The average Bonchev–Trinajstić information content (AvgIpc) is 3.24. The first-order chi connectivity index (χ1) is 14.4. The Balaban J connectivity index is 1.56. The summed E-state index contributed by atoms with van der Waals surface area (Å²) in [6.45, 7) is 4.57. The second-order valence-electron chi connectivity index (χ2n) is 8.00. The van der Waals surface area contributed by atoms with Gasteiger partial charge >= 0.3 is 0 Å². The van der Waals surface area contributed by atoms with Gasteiger partial charge in [-0.3, -0.25) is 29.2 Å². The van der Waals surface area contributed by atoms with Gasteiger partial charge in [0.2, 0.25) is 11.8 Å². The molecule has 0 aliphatic carbocycles. The maximum Gasteiger partial charge on any atom is 0.260 e. The number of nitrogens with zero attached hydrogens (tertiary/aromatic N) is 3. The van der Waals surface area contributed by atoms with Crippen molar-refractivity contribution >= 4 is 40.3 Å². The summed E-state index contributed by atoms with van der Waals surface area (Å²) in [6.07, 6.45) is 0.472. The molecule has 0 spiro atoms. The lowest BCUT2D eigenvalue weighted by Crippen LogP contribution is -2.46. The minimum absolute atomic E-state index is 0.137. The van der Waals surface area contributed by atoms with Gasteiger partial charge in [0, 0.05) is 24.2 Å². The van der Waals surface area contributed by atoms with Crippen molar-refractivity contribution < 1.29 is 14.4 Å². The Kier molecular flexibility index (Phi) is 5.47. The fraction of sp³-hybridized carbons (Fsp3) is 0.304. The number of anilines is 1. The van der Waals surface area contributed by atoms with Crippen molar-refractivity contribution in [2.45, 2.75) is 38.8 Å². The van der Waals surface area contributed by atoms with Gasteiger partial charge in [0.25, 0.3) is 5.91 Å². The van der Waals surface area contributed by atoms with Gasteiger partial charge in [-0.2, -0.15) is 0 Å². The number of amidine groups is 1. The zero-order valence-corrected chi connectivity index (χ0v) is 17.8. The Hall–Kier alpha value is -2.93. The molecule has 0 saturated carbocycles. The fourth-order valence-electron chi connectivity index (χ4n) is 3.60. The van der Waals surface area contributed by atoms with E-state index >= 15 is 0 Å². The van der Waals surface area contributed by atoms with E-state index in [2.05, 4.69) is 0 Å². The van der Waals surface area contributed by atoms with E-state index in [1.165, 1.54) is 4.90 Å². The molecule has 2 fully saturated rings. The topological polar surface area (TPSA) is 70.1 Å². The Morgan fingerprint density at radius 1 is 1.00 bits per heavy atom. The first kappa shape index (κ1) is 20.3. The fourth-order valence-corrected chi connectivity index (χ4v) is 4.82. The summed E-state index contributed by atoms with van der Waals surface area (Å²) in [5.74, 6) is 0.224. The zero-order chi connectivity index (χ0) is 21.3. The van der Waals surface area contributed by atoms with E-state index in [0.29, 0.717) is 23.0 Å². The van der Waals surface area contributed by atoms with Gasteiger partial charge in [0.15, 0.2) is 5.17 Å². The zero-order valence-electron chi connectivity index (χ0n) is 17.0. The maximum atomic E-state index is 13.3. The van der Waals surface area contributed by atoms with Crippen LogP contribution < -0.4 is 4.90 Å². The number of rotatable bonds is 4. The molecule has 0 bridgehead atoms. The van der Waals surface area contributed by atoms with Crippen LogP contribution >= 0.6 is 11.8 Å². The van der Waals surface area contributed by atoms with Gasteiger partial charge in [-0.1, -0.05) is 42.1 Å². The standard InChI is InChI=1S/C23H23N3O3S/c1-23(2)15-30-22(24-14-16-6-4-3-5-7-16)26(23)21(29)17-8-10-18(11-9-17)25-19(27)12-13-20(25)28/h3-11H,12-15H2,1-2H3. The molecule has 2 aromatic carbocycles. The number of carbonyl (C=O) groups is 3. The summed E-state index contributed by atoms with van der Waals surface area (Å²) in [7, 11) is 0. The highest BCUT2D eigenvalue weighted by atomic mass is 32.2. The lowest BCUT2D eigenvalue weighted by Gasteiger charge is -2.30. The lowest BCUT2D eigenvalue weighted by molar-refractivity contribution is -0.121. The van der Waals surface area contributed by atoms with Crippen LogP contribution in [0.5, 0.6) is 0 Å². The molecular weight excluding hydrogens is 398 g/mol. The SMILES string of the molecule is CC1(C)CSC(=NCc2ccccc2)N1C(=O)c1ccc(N2C(=O)CCC2=O)cc1. The molecule has 6 nitrogen and oxygen atoms in total. The number of aliphatic imine (C=N–C) groups is 1.